The van der Waals surface area contributed by atoms with Crippen LogP contribution in [0.3, 0.4) is 0 Å². The van der Waals surface area contributed by atoms with Gasteiger partial charge in [-0.25, -0.2) is 4.99 Å². The van der Waals surface area contributed by atoms with Crippen molar-refractivity contribution in [2.75, 3.05) is 18.9 Å². The Morgan fingerprint density at radius 1 is 1.56 bits per heavy atom. The molecule has 1 unspecified atom stereocenters. The quantitative estimate of drug-likeness (QED) is 0.200. The van der Waals surface area contributed by atoms with E-state index in [4.69, 9.17) is 4.52 Å². The molecular formula is C17H23BrN3O2PS. The number of nitrogens with zero attached hydrogens (tertiary/aromatic N) is 3. The SMILES string of the molecule is C=CCN(C(C#N)=Nc1ccc(Br)cc1C)P(=O)(OCC)SCCC. The molecule has 0 N–H and O–H groups in total. The van der Waals surface area contributed by atoms with E-state index < -0.39 is 6.72 Å². The second kappa shape index (κ2) is 10.8. The Balaban J connectivity index is 3.36. The molecule has 0 fully saturated rings. The third-order valence-corrected chi connectivity index (χ3v) is 8.45. The maximum absolute atomic E-state index is 13.4. The summed E-state index contributed by atoms with van der Waals surface area (Å²) in [7, 11) is 0. The Morgan fingerprint density at radius 3 is 2.80 bits per heavy atom. The number of aryl methyl sites for hydroxylation is 1. The van der Waals surface area contributed by atoms with Gasteiger partial charge in [0.1, 0.15) is 6.07 Å². The lowest BCUT2D eigenvalue weighted by Gasteiger charge is -2.29. The van der Waals surface area contributed by atoms with Gasteiger partial charge in [-0.2, -0.15) is 5.26 Å². The van der Waals surface area contributed by atoms with Crippen LogP contribution in [-0.2, 0) is 9.09 Å². The van der Waals surface area contributed by atoms with E-state index in [0.717, 1.165) is 16.5 Å². The zero-order valence-electron chi connectivity index (χ0n) is 14.7. The Labute approximate surface area is 162 Å². The van der Waals surface area contributed by atoms with Crippen molar-refractivity contribution < 1.29 is 9.09 Å². The molecule has 0 heterocycles. The van der Waals surface area contributed by atoms with E-state index in [1.165, 1.54) is 16.1 Å². The average molecular weight is 444 g/mol. The highest BCUT2D eigenvalue weighted by molar-refractivity contribution is 9.10. The standard InChI is InChI=1S/C17H23BrN3O2PS/c1-5-10-21(24(22,23-7-3)25-11-6-2)17(13-19)20-16-9-8-15(18)12-14(16)4/h5,8-9,12H,1,6-7,10-11H2,2-4H3. The van der Waals surface area contributed by atoms with Crippen LogP contribution in [0.2, 0.25) is 0 Å². The molecule has 25 heavy (non-hydrogen) atoms. The van der Waals surface area contributed by atoms with E-state index in [0.29, 0.717) is 11.4 Å². The van der Waals surface area contributed by atoms with Crippen molar-refractivity contribution in [1.29, 1.82) is 5.26 Å². The largest absolute Gasteiger partial charge is 0.355 e. The molecular weight excluding hydrogens is 421 g/mol. The highest BCUT2D eigenvalue weighted by atomic mass is 79.9. The van der Waals surface area contributed by atoms with Crippen molar-refractivity contribution in [2.24, 2.45) is 4.99 Å². The van der Waals surface area contributed by atoms with Gasteiger partial charge in [0, 0.05) is 16.8 Å². The first kappa shape index (κ1) is 22.0. The number of hydrogen-bond donors (Lipinski definition) is 0. The van der Waals surface area contributed by atoms with Crippen molar-refractivity contribution in [1.82, 2.24) is 4.67 Å². The summed E-state index contributed by atoms with van der Waals surface area (Å²) < 4.78 is 21.3. The van der Waals surface area contributed by atoms with Crippen LogP contribution in [0, 0.1) is 18.3 Å². The van der Waals surface area contributed by atoms with Gasteiger partial charge in [-0.15, -0.1) is 6.58 Å². The third-order valence-electron chi connectivity index (χ3n) is 3.08. The second-order valence-electron chi connectivity index (χ2n) is 5.07. The van der Waals surface area contributed by atoms with E-state index in [1.807, 2.05) is 32.0 Å². The van der Waals surface area contributed by atoms with Crippen LogP contribution in [0.25, 0.3) is 0 Å². The lowest BCUT2D eigenvalue weighted by atomic mass is 10.2. The number of benzene rings is 1. The molecule has 1 atom stereocenters. The maximum Gasteiger partial charge on any atom is 0.355 e. The highest BCUT2D eigenvalue weighted by Crippen LogP contribution is 2.62. The van der Waals surface area contributed by atoms with Gasteiger partial charge in [-0.1, -0.05) is 28.9 Å². The lowest BCUT2D eigenvalue weighted by molar-refractivity contribution is 0.320. The summed E-state index contributed by atoms with van der Waals surface area (Å²) in [4.78, 5) is 4.44. The van der Waals surface area contributed by atoms with Crippen LogP contribution in [0.4, 0.5) is 5.69 Å². The molecule has 5 nitrogen and oxygen atoms in total. The molecule has 0 aliphatic carbocycles. The highest BCUT2D eigenvalue weighted by Gasteiger charge is 2.34. The van der Waals surface area contributed by atoms with Crippen molar-refractivity contribution in [3.8, 4) is 6.07 Å². The molecule has 0 aliphatic rings. The lowest BCUT2D eigenvalue weighted by Crippen LogP contribution is -2.27. The molecule has 1 rings (SSSR count). The van der Waals surface area contributed by atoms with Gasteiger partial charge in [-0.3, -0.25) is 9.24 Å². The van der Waals surface area contributed by atoms with Crippen molar-refractivity contribution in [2.45, 2.75) is 27.2 Å². The van der Waals surface area contributed by atoms with E-state index >= 15 is 0 Å². The van der Waals surface area contributed by atoms with Crippen molar-refractivity contribution >= 4 is 45.6 Å². The molecule has 8 heteroatoms. The number of aliphatic imine (C=N–C) groups is 1. The Bertz CT molecular complexity index is 718. The number of amidine groups is 1. The summed E-state index contributed by atoms with van der Waals surface area (Å²) >= 11 is 4.64. The molecule has 0 aliphatic heterocycles. The number of rotatable bonds is 9. The van der Waals surface area contributed by atoms with Crippen LogP contribution in [-0.4, -0.2) is 29.4 Å². The minimum Gasteiger partial charge on any atom is -0.306 e. The number of nitriles is 1. The molecule has 1 aromatic rings. The smallest absolute Gasteiger partial charge is 0.306 e. The summed E-state index contributed by atoms with van der Waals surface area (Å²) in [6.45, 7) is 6.63. The monoisotopic (exact) mass is 443 g/mol. The van der Waals surface area contributed by atoms with Crippen LogP contribution >= 0.6 is 34.0 Å². The third kappa shape index (κ3) is 6.31. The number of halogens is 1. The maximum atomic E-state index is 13.4. The van der Waals surface area contributed by atoms with Crippen LogP contribution in [0.5, 0.6) is 0 Å². The van der Waals surface area contributed by atoms with Gasteiger partial charge in [-0.05, 0) is 55.4 Å². The molecule has 0 saturated heterocycles. The number of hydrogen-bond acceptors (Lipinski definition) is 5. The topological polar surface area (TPSA) is 65.7 Å². The van der Waals surface area contributed by atoms with E-state index in [1.54, 1.807) is 13.0 Å². The Morgan fingerprint density at radius 2 is 2.28 bits per heavy atom. The van der Waals surface area contributed by atoms with Gasteiger partial charge >= 0.3 is 6.72 Å². The van der Waals surface area contributed by atoms with E-state index in [9.17, 15) is 9.83 Å². The van der Waals surface area contributed by atoms with Crippen molar-refractivity contribution in [3.05, 3.63) is 40.9 Å². The summed E-state index contributed by atoms with van der Waals surface area (Å²) in [6, 6.07) is 7.65. The van der Waals surface area contributed by atoms with Gasteiger partial charge < -0.3 is 4.52 Å². The summed E-state index contributed by atoms with van der Waals surface area (Å²) in [5.74, 6) is 0.728. The minimum atomic E-state index is -3.28. The molecule has 0 aromatic heterocycles. The van der Waals surface area contributed by atoms with Gasteiger partial charge in [0.25, 0.3) is 0 Å². The average Bonchev–Trinajstić information content (AvgIpc) is 2.58. The van der Waals surface area contributed by atoms with Crippen LogP contribution in [0.1, 0.15) is 25.8 Å². The molecule has 136 valence electrons. The summed E-state index contributed by atoms with van der Waals surface area (Å²) in [5, 5.41) is 9.63. The van der Waals surface area contributed by atoms with Gasteiger partial charge in [0.2, 0.25) is 5.84 Å². The summed E-state index contributed by atoms with van der Waals surface area (Å²) in [5.41, 5.74) is 1.56. The first-order chi connectivity index (χ1) is 11.9. The predicted molar refractivity (Wildman–Crippen MR) is 110 cm³/mol. The normalized spacial score (nSPS) is 13.8. The molecule has 0 spiro atoms. The fourth-order valence-electron chi connectivity index (χ4n) is 1.97. The molecule has 0 radical (unpaired) electrons. The fraction of sp³-hybridized carbons (Fsp3) is 0.412. The van der Waals surface area contributed by atoms with Gasteiger partial charge in [0.15, 0.2) is 0 Å². The zero-order chi connectivity index (χ0) is 18.9. The molecule has 0 amide bonds. The minimum absolute atomic E-state index is 0.0608. The van der Waals surface area contributed by atoms with Gasteiger partial charge in [0.05, 0.1) is 12.3 Å². The molecule has 0 saturated carbocycles. The molecule has 0 bridgehead atoms. The Hall–Kier alpha value is -1.06. The first-order valence-corrected chi connectivity index (χ1v) is 11.9. The van der Waals surface area contributed by atoms with E-state index in [2.05, 4.69) is 33.6 Å². The zero-order valence-corrected chi connectivity index (χ0v) is 18.0. The molecule has 1 aromatic carbocycles. The summed E-state index contributed by atoms with van der Waals surface area (Å²) in [6.07, 6.45) is 2.45. The van der Waals surface area contributed by atoms with E-state index in [-0.39, 0.29) is 19.0 Å². The fourth-order valence-corrected chi connectivity index (χ4v) is 6.81. The predicted octanol–water partition coefficient (Wildman–Crippen LogP) is 6.09. The second-order valence-corrected chi connectivity index (χ2v) is 10.5. The first-order valence-electron chi connectivity index (χ1n) is 7.94. The van der Waals surface area contributed by atoms with Crippen LogP contribution in [0.15, 0.2) is 40.3 Å². The van der Waals surface area contributed by atoms with Crippen molar-refractivity contribution in [3.63, 3.8) is 0 Å². The Kier molecular flexibility index (Phi) is 9.52. The van der Waals surface area contributed by atoms with Crippen LogP contribution < -0.4 is 0 Å².